The molecule has 2 amide bonds. The number of hydrogen-bond donors (Lipinski definition) is 2. The molecule has 20 heavy (non-hydrogen) atoms. The Morgan fingerprint density at radius 3 is 2.85 bits per heavy atom. The number of nitrogens with zero attached hydrogens (tertiary/aromatic N) is 1. The lowest BCUT2D eigenvalue weighted by Crippen LogP contribution is -2.35. The number of anilines is 1. The molecule has 1 fully saturated rings. The van der Waals surface area contributed by atoms with Crippen LogP contribution in [0.2, 0.25) is 0 Å². The van der Waals surface area contributed by atoms with E-state index in [1.54, 1.807) is 12.1 Å². The average molecular weight is 315 g/mol. The minimum absolute atomic E-state index is 0.106. The van der Waals surface area contributed by atoms with Gasteiger partial charge in [-0.25, -0.2) is 4.79 Å². The number of aromatic carboxylic acids is 1. The molecule has 0 unspecified atom stereocenters. The summed E-state index contributed by atoms with van der Waals surface area (Å²) in [4.78, 5) is 35.5. The van der Waals surface area contributed by atoms with Crippen LogP contribution in [0.5, 0.6) is 0 Å². The second kappa shape index (κ2) is 6.15. The summed E-state index contributed by atoms with van der Waals surface area (Å²) in [5.41, 5.74) is 0.575. The predicted molar refractivity (Wildman–Crippen MR) is 76.2 cm³/mol. The first-order valence-corrected chi connectivity index (χ1v) is 7.12. The fourth-order valence-electron chi connectivity index (χ4n) is 1.72. The number of halogens is 1. The van der Waals surface area contributed by atoms with Crippen LogP contribution in [0.3, 0.4) is 0 Å². The maximum atomic E-state index is 12.0. The summed E-state index contributed by atoms with van der Waals surface area (Å²) in [6.07, 6.45) is 0. The third kappa shape index (κ3) is 3.05. The molecule has 1 aliphatic rings. The van der Waals surface area contributed by atoms with Gasteiger partial charge >= 0.3 is 5.97 Å². The zero-order chi connectivity index (χ0) is 14.7. The molecule has 0 aliphatic carbocycles. The monoisotopic (exact) mass is 314 g/mol. The fraction of sp³-hybridized carbons (Fsp3) is 0.250. The van der Waals surface area contributed by atoms with E-state index in [1.165, 1.54) is 12.1 Å². The van der Waals surface area contributed by atoms with Crippen molar-refractivity contribution in [3.8, 4) is 0 Å². The van der Waals surface area contributed by atoms with Crippen LogP contribution in [0, 0.1) is 0 Å². The van der Waals surface area contributed by atoms with Gasteiger partial charge in [-0.3, -0.25) is 14.5 Å². The minimum Gasteiger partial charge on any atom is -0.478 e. The first-order valence-electron chi connectivity index (χ1n) is 5.71. The zero-order valence-electron chi connectivity index (χ0n) is 10.2. The van der Waals surface area contributed by atoms with Crippen LogP contribution in [0.1, 0.15) is 10.4 Å². The Labute approximate surface area is 124 Å². The largest absolute Gasteiger partial charge is 0.478 e. The molecule has 0 bridgehead atoms. The van der Waals surface area contributed by atoms with Crippen molar-refractivity contribution in [1.82, 2.24) is 4.90 Å². The molecule has 1 heterocycles. The Hall–Kier alpha value is -1.73. The summed E-state index contributed by atoms with van der Waals surface area (Å²) in [6.45, 7) is 0.166. The number of carbonyl (C=O) groups is 3. The maximum absolute atomic E-state index is 12.0. The molecule has 2 rings (SSSR count). The number of thioether (sulfide) groups is 1. The van der Waals surface area contributed by atoms with E-state index >= 15 is 0 Å². The Kier molecular flexibility index (Phi) is 4.51. The highest BCUT2D eigenvalue weighted by Gasteiger charge is 2.39. The van der Waals surface area contributed by atoms with Crippen LogP contribution in [0.15, 0.2) is 24.3 Å². The quantitative estimate of drug-likeness (QED) is 0.809. The fourth-order valence-corrected chi connectivity index (χ4v) is 2.82. The van der Waals surface area contributed by atoms with Crippen molar-refractivity contribution in [2.45, 2.75) is 5.37 Å². The lowest BCUT2D eigenvalue weighted by molar-refractivity contribution is -0.126. The number of benzene rings is 1. The lowest BCUT2D eigenvalue weighted by atomic mass is 10.2. The Morgan fingerprint density at radius 2 is 2.20 bits per heavy atom. The van der Waals surface area contributed by atoms with Gasteiger partial charge in [-0.2, -0.15) is 0 Å². The van der Waals surface area contributed by atoms with Crippen LogP contribution in [-0.2, 0) is 4.79 Å². The molecule has 0 spiro atoms. The van der Waals surface area contributed by atoms with E-state index in [0.29, 0.717) is 5.69 Å². The molecule has 0 aromatic heterocycles. The van der Waals surface area contributed by atoms with Crippen LogP contribution >= 0.6 is 23.4 Å². The van der Waals surface area contributed by atoms with E-state index in [4.69, 9.17) is 16.7 Å². The first-order chi connectivity index (χ1) is 9.52. The van der Waals surface area contributed by atoms with Gasteiger partial charge in [0.1, 0.15) is 0 Å². The van der Waals surface area contributed by atoms with Gasteiger partial charge in [0, 0.05) is 18.1 Å². The Balaban J connectivity index is 2.11. The third-order valence-corrected chi connectivity index (χ3v) is 3.79. The van der Waals surface area contributed by atoms with E-state index in [2.05, 4.69) is 5.32 Å². The van der Waals surface area contributed by atoms with E-state index in [9.17, 15) is 14.4 Å². The summed E-state index contributed by atoms with van der Waals surface area (Å²) in [5, 5.41) is 10.6. The highest BCUT2D eigenvalue weighted by molar-refractivity contribution is 8.15. The molecule has 106 valence electrons. The van der Waals surface area contributed by atoms with Crippen molar-refractivity contribution < 1.29 is 19.5 Å². The molecule has 1 aromatic rings. The second-order valence-electron chi connectivity index (χ2n) is 3.97. The van der Waals surface area contributed by atoms with Crippen molar-refractivity contribution in [1.29, 1.82) is 0 Å². The van der Waals surface area contributed by atoms with Crippen LogP contribution in [0.25, 0.3) is 0 Å². The molecule has 0 radical (unpaired) electrons. The number of amides is 2. The van der Waals surface area contributed by atoms with Gasteiger partial charge in [0.05, 0.1) is 5.56 Å². The molecule has 1 saturated heterocycles. The topological polar surface area (TPSA) is 86.7 Å². The summed E-state index contributed by atoms with van der Waals surface area (Å²) in [6, 6.07) is 6.05. The van der Waals surface area contributed by atoms with Crippen LogP contribution in [0.4, 0.5) is 10.5 Å². The maximum Gasteiger partial charge on any atom is 0.335 e. The van der Waals surface area contributed by atoms with Gasteiger partial charge in [0.15, 0.2) is 5.37 Å². The van der Waals surface area contributed by atoms with Gasteiger partial charge in [-0.15, -0.1) is 11.6 Å². The lowest BCUT2D eigenvalue weighted by Gasteiger charge is -2.13. The molecule has 1 atom stereocenters. The number of alkyl halides is 1. The number of rotatable bonds is 5. The number of imide groups is 1. The molecule has 0 saturated carbocycles. The molecule has 1 aromatic carbocycles. The number of carbonyl (C=O) groups excluding carboxylic acids is 2. The minimum atomic E-state index is -1.06. The smallest absolute Gasteiger partial charge is 0.335 e. The van der Waals surface area contributed by atoms with Crippen LogP contribution < -0.4 is 5.32 Å². The Morgan fingerprint density at radius 1 is 1.45 bits per heavy atom. The van der Waals surface area contributed by atoms with Gasteiger partial charge < -0.3 is 10.4 Å². The normalized spacial score (nSPS) is 18.4. The summed E-state index contributed by atoms with van der Waals surface area (Å²) < 4.78 is 0. The van der Waals surface area contributed by atoms with Crippen molar-refractivity contribution in [3.63, 3.8) is 0 Å². The van der Waals surface area contributed by atoms with Gasteiger partial charge in [-0.05, 0) is 30.0 Å². The van der Waals surface area contributed by atoms with Crippen molar-refractivity contribution >= 4 is 46.2 Å². The molecule has 2 N–H and O–H groups in total. The van der Waals surface area contributed by atoms with Crippen molar-refractivity contribution in [2.24, 2.45) is 0 Å². The predicted octanol–water partition coefficient (Wildman–Crippen LogP) is 2.06. The molecular formula is C12H11ClN2O4S. The molecule has 8 heteroatoms. The van der Waals surface area contributed by atoms with E-state index in [1.807, 2.05) is 0 Å². The van der Waals surface area contributed by atoms with E-state index in [-0.39, 0.29) is 29.1 Å². The number of carboxylic acid groups (broad SMARTS) is 1. The van der Waals surface area contributed by atoms with Crippen molar-refractivity contribution in [3.05, 3.63) is 29.8 Å². The second-order valence-corrected chi connectivity index (χ2v) is 5.41. The highest BCUT2D eigenvalue weighted by atomic mass is 35.5. The number of hydrogen-bond acceptors (Lipinski definition) is 5. The number of carboxylic acids is 1. The molecular weight excluding hydrogens is 304 g/mol. The number of nitrogens with one attached hydrogen (secondary N) is 1. The summed E-state index contributed by atoms with van der Waals surface area (Å²) in [5.74, 6) is -1.25. The van der Waals surface area contributed by atoms with Gasteiger partial charge in [-0.1, -0.05) is 6.07 Å². The Bertz CT molecular complexity index is 566. The highest BCUT2D eigenvalue weighted by Crippen LogP contribution is 2.28. The van der Waals surface area contributed by atoms with Crippen molar-refractivity contribution in [2.75, 3.05) is 17.7 Å². The van der Waals surface area contributed by atoms with Gasteiger partial charge in [0.25, 0.3) is 11.1 Å². The zero-order valence-corrected chi connectivity index (χ0v) is 11.8. The van der Waals surface area contributed by atoms with E-state index in [0.717, 1.165) is 16.7 Å². The average Bonchev–Trinajstić information content (AvgIpc) is 2.67. The SMILES string of the molecule is O=C(O)c1cccc(N[C@@H]2SC(=O)N(CCCl)C2=O)c1. The molecule has 1 aliphatic heterocycles. The first kappa shape index (κ1) is 14.7. The third-order valence-electron chi connectivity index (χ3n) is 2.64. The summed E-state index contributed by atoms with van der Waals surface area (Å²) in [7, 11) is 0. The molecule has 6 nitrogen and oxygen atoms in total. The van der Waals surface area contributed by atoms with E-state index < -0.39 is 11.3 Å². The summed E-state index contributed by atoms with van der Waals surface area (Å²) >= 11 is 6.39. The van der Waals surface area contributed by atoms with Gasteiger partial charge in [0.2, 0.25) is 0 Å². The van der Waals surface area contributed by atoms with Crippen LogP contribution in [-0.4, -0.2) is 44.9 Å². The standard InChI is InChI=1S/C12H11ClN2O4S/c13-4-5-15-10(16)9(20-12(15)19)14-8-3-1-2-7(6-8)11(17)18/h1-3,6,9,14H,4-5H2,(H,17,18)/t9-/m1/s1.